The molecule has 0 aliphatic carbocycles. The number of thioether (sulfide) groups is 1. The fraction of sp³-hybridized carbons (Fsp3) is 0.857. The predicted molar refractivity (Wildman–Crippen MR) is 124 cm³/mol. The van der Waals surface area contributed by atoms with Crippen LogP contribution in [0.25, 0.3) is 0 Å². The first-order chi connectivity index (χ1) is 14.0. The number of hydrogen-bond acceptors (Lipinski definition) is 7. The van der Waals surface area contributed by atoms with E-state index >= 15 is 0 Å². The van der Waals surface area contributed by atoms with Gasteiger partial charge in [-0.15, -0.1) is 11.8 Å². The summed E-state index contributed by atoms with van der Waals surface area (Å²) in [6.45, 7) is 15.6. The molecule has 1 heterocycles. The number of nitrogens with zero attached hydrogens (tertiary/aromatic N) is 1. The molecule has 1 aliphatic heterocycles. The maximum atomic E-state index is 13.8. The molecule has 0 radical (unpaired) electrons. The largest absolute Gasteiger partial charge is 0.443 e. The van der Waals surface area contributed by atoms with Crippen molar-refractivity contribution < 1.29 is 28.1 Å². The van der Waals surface area contributed by atoms with Gasteiger partial charge in [0.2, 0.25) is 0 Å². The maximum Gasteiger partial charge on any atom is 0.429 e. The van der Waals surface area contributed by atoms with Gasteiger partial charge in [-0.05, 0) is 66.1 Å². The maximum absolute atomic E-state index is 13.8. The Labute approximate surface area is 193 Å². The van der Waals surface area contributed by atoms with Crippen LogP contribution >= 0.6 is 11.8 Å². The summed E-state index contributed by atoms with van der Waals surface area (Å²) in [7, 11) is -1.39. The first-order valence-corrected chi connectivity index (χ1v) is 12.9. The van der Waals surface area contributed by atoms with Crippen LogP contribution < -0.4 is 5.43 Å². The Morgan fingerprint density at radius 2 is 1.65 bits per heavy atom. The summed E-state index contributed by atoms with van der Waals surface area (Å²) in [6, 6.07) is -1.07. The van der Waals surface area contributed by atoms with E-state index in [0.717, 1.165) is 11.4 Å². The number of ether oxygens (including phenoxy) is 2. The average Bonchev–Trinajstić information content (AvgIpc) is 2.58. The van der Waals surface area contributed by atoms with Gasteiger partial charge in [-0.1, -0.05) is 20.8 Å². The highest BCUT2D eigenvalue weighted by Gasteiger charge is 2.51. The Morgan fingerprint density at radius 1 is 1.10 bits per heavy atom. The Hall–Kier alpha value is -1.29. The van der Waals surface area contributed by atoms with E-state index in [1.165, 1.54) is 11.8 Å². The lowest BCUT2D eigenvalue weighted by molar-refractivity contribution is -0.127. The minimum atomic E-state index is -1.39. The molecule has 0 saturated carbocycles. The Balaban J connectivity index is 3.40. The molecule has 1 aliphatic rings. The van der Waals surface area contributed by atoms with Gasteiger partial charge in [-0.2, -0.15) is 0 Å². The van der Waals surface area contributed by atoms with Gasteiger partial charge in [0.1, 0.15) is 17.2 Å². The molecule has 10 heteroatoms. The summed E-state index contributed by atoms with van der Waals surface area (Å²) in [5.41, 5.74) is 0.776. The third kappa shape index (κ3) is 7.66. The number of amides is 2. The topological polar surface area (TPSA) is 102 Å². The number of ketones is 1. The zero-order chi connectivity index (χ0) is 24.2. The molecule has 1 saturated heterocycles. The SMILES string of the molecule is CC[C@@]1(C(=O)[C@H](C(C)C)N(NC(=O)OC(C)(C)C)C(=O)OC(C)(C)C)SCCCS1=O. The van der Waals surface area contributed by atoms with Gasteiger partial charge in [0.05, 0.1) is 0 Å². The smallest absolute Gasteiger partial charge is 0.429 e. The van der Waals surface area contributed by atoms with Crippen LogP contribution in [0.1, 0.15) is 75.2 Å². The van der Waals surface area contributed by atoms with Crippen molar-refractivity contribution in [2.24, 2.45) is 5.92 Å². The molecule has 2 amide bonds. The molecule has 0 aromatic rings. The van der Waals surface area contributed by atoms with E-state index in [0.29, 0.717) is 17.9 Å². The Kier molecular flexibility index (Phi) is 9.44. The normalized spacial score (nSPS) is 23.1. The van der Waals surface area contributed by atoms with Crippen LogP contribution in [0.2, 0.25) is 0 Å². The van der Waals surface area contributed by atoms with E-state index in [4.69, 9.17) is 9.47 Å². The fourth-order valence-electron chi connectivity index (χ4n) is 3.16. The van der Waals surface area contributed by atoms with Crippen LogP contribution in [0.15, 0.2) is 0 Å². The Morgan fingerprint density at radius 3 is 2.06 bits per heavy atom. The molecule has 8 nitrogen and oxygen atoms in total. The molecule has 0 aromatic heterocycles. The molecule has 1 rings (SSSR count). The summed E-state index contributed by atoms with van der Waals surface area (Å²) >= 11 is 1.37. The van der Waals surface area contributed by atoms with Crippen molar-refractivity contribution in [1.29, 1.82) is 0 Å². The van der Waals surface area contributed by atoms with Crippen molar-refractivity contribution in [2.45, 2.75) is 96.5 Å². The number of carbonyl (C=O) groups excluding carboxylic acids is 3. The monoisotopic (exact) mass is 478 g/mol. The summed E-state index contributed by atoms with van der Waals surface area (Å²) < 4.78 is 22.6. The summed E-state index contributed by atoms with van der Waals surface area (Å²) in [6.07, 6.45) is -0.617. The molecule has 180 valence electrons. The van der Waals surface area contributed by atoms with Crippen molar-refractivity contribution in [2.75, 3.05) is 11.5 Å². The second-order valence-corrected chi connectivity index (χ2v) is 13.3. The van der Waals surface area contributed by atoms with Crippen molar-refractivity contribution in [3.8, 4) is 0 Å². The van der Waals surface area contributed by atoms with Crippen LogP contribution in [0.5, 0.6) is 0 Å². The van der Waals surface area contributed by atoms with Crippen LogP contribution in [-0.4, -0.2) is 60.0 Å². The molecule has 0 bridgehead atoms. The summed E-state index contributed by atoms with van der Waals surface area (Å²) in [5.74, 6) is 0.415. The first kappa shape index (κ1) is 27.7. The van der Waals surface area contributed by atoms with Crippen molar-refractivity contribution in [3.05, 3.63) is 0 Å². The standard InChI is InChI=1S/C21H38N2O6S2/c1-10-21(30-12-11-13-31(21)27)16(24)15(14(2)3)23(18(26)29-20(7,8)9)22-17(25)28-19(4,5)6/h14-15H,10-13H2,1-9H3,(H,22,25)/t15-,21+,31?/m0/s1. The van der Waals surface area contributed by atoms with Gasteiger partial charge in [0, 0.05) is 16.6 Å². The zero-order valence-corrected chi connectivity index (χ0v) is 21.8. The molecular weight excluding hydrogens is 440 g/mol. The Bertz CT molecular complexity index is 699. The van der Waals surface area contributed by atoms with E-state index in [9.17, 15) is 18.6 Å². The minimum absolute atomic E-state index is 0.352. The highest BCUT2D eigenvalue weighted by molar-refractivity contribution is 8.14. The quantitative estimate of drug-likeness (QED) is 0.589. The molecule has 31 heavy (non-hydrogen) atoms. The van der Waals surface area contributed by atoms with E-state index in [2.05, 4.69) is 5.43 Å². The lowest BCUT2D eigenvalue weighted by atomic mass is 9.96. The number of hydrogen-bond donors (Lipinski definition) is 1. The van der Waals surface area contributed by atoms with Crippen LogP contribution in [0, 0.1) is 5.92 Å². The molecule has 0 aromatic carbocycles. The van der Waals surface area contributed by atoms with Crippen molar-refractivity contribution in [3.63, 3.8) is 0 Å². The molecule has 0 spiro atoms. The van der Waals surface area contributed by atoms with Gasteiger partial charge < -0.3 is 9.47 Å². The number of nitrogens with one attached hydrogen (secondary N) is 1. The number of Topliss-reactive ketones (excluding diaryl/α,β-unsaturated/α-hetero) is 1. The summed E-state index contributed by atoms with van der Waals surface area (Å²) in [4.78, 5) is 39.4. The van der Waals surface area contributed by atoms with Crippen molar-refractivity contribution >= 4 is 40.5 Å². The lowest BCUT2D eigenvalue weighted by Gasteiger charge is -2.41. The lowest BCUT2D eigenvalue weighted by Crippen LogP contribution is -2.62. The van der Waals surface area contributed by atoms with Crippen LogP contribution in [0.4, 0.5) is 9.59 Å². The predicted octanol–water partition coefficient (Wildman–Crippen LogP) is 4.25. The molecule has 1 N–H and O–H groups in total. The van der Waals surface area contributed by atoms with Gasteiger partial charge in [-0.3, -0.25) is 9.00 Å². The third-order valence-corrected chi connectivity index (χ3v) is 8.64. The highest BCUT2D eigenvalue weighted by Crippen LogP contribution is 2.40. The highest BCUT2D eigenvalue weighted by atomic mass is 32.2. The van der Waals surface area contributed by atoms with Crippen LogP contribution in [-0.2, 0) is 25.1 Å². The molecule has 1 fully saturated rings. The summed E-state index contributed by atoms with van der Waals surface area (Å²) in [5, 5.41) is 0.913. The molecule has 3 atom stereocenters. The van der Waals surface area contributed by atoms with Gasteiger partial charge in [0.15, 0.2) is 9.86 Å². The average molecular weight is 479 g/mol. The number of carbonyl (C=O) groups is 3. The number of rotatable bonds is 5. The second kappa shape index (κ2) is 10.6. The van der Waals surface area contributed by atoms with Gasteiger partial charge >= 0.3 is 12.2 Å². The van der Waals surface area contributed by atoms with E-state index < -0.39 is 44.3 Å². The third-order valence-electron chi connectivity index (χ3n) is 4.40. The van der Waals surface area contributed by atoms with E-state index in [-0.39, 0.29) is 11.7 Å². The number of hydrazine groups is 1. The fourth-order valence-corrected chi connectivity index (χ4v) is 6.86. The second-order valence-electron chi connectivity index (χ2n) is 9.88. The minimum Gasteiger partial charge on any atom is -0.443 e. The van der Waals surface area contributed by atoms with Crippen LogP contribution in [0.3, 0.4) is 0 Å². The first-order valence-electron chi connectivity index (χ1n) is 10.6. The van der Waals surface area contributed by atoms with E-state index in [1.807, 2.05) is 6.92 Å². The van der Waals surface area contributed by atoms with Gasteiger partial charge in [-0.25, -0.2) is 20.0 Å². The van der Waals surface area contributed by atoms with Gasteiger partial charge in [0.25, 0.3) is 0 Å². The molecule has 1 unspecified atom stereocenters. The zero-order valence-electron chi connectivity index (χ0n) is 20.2. The van der Waals surface area contributed by atoms with E-state index in [1.54, 1.807) is 55.4 Å². The molecular formula is C21H38N2O6S2. The van der Waals surface area contributed by atoms with Crippen molar-refractivity contribution in [1.82, 2.24) is 10.4 Å².